The predicted molar refractivity (Wildman–Crippen MR) is 86.3 cm³/mol. The average molecular weight is 314 g/mol. The highest BCUT2D eigenvalue weighted by atomic mass is 16.5. The molecule has 1 amide bonds. The molecule has 1 aromatic heterocycles. The quantitative estimate of drug-likeness (QED) is 0.917. The minimum absolute atomic E-state index is 0.0304. The van der Waals surface area contributed by atoms with Crippen LogP contribution in [-0.4, -0.2) is 40.2 Å². The van der Waals surface area contributed by atoms with Crippen molar-refractivity contribution in [3.8, 4) is 0 Å². The Kier molecular flexibility index (Phi) is 4.71. The molecule has 1 N–H and O–H groups in total. The van der Waals surface area contributed by atoms with Crippen molar-refractivity contribution < 1.29 is 9.53 Å². The van der Waals surface area contributed by atoms with Crippen LogP contribution in [0.15, 0.2) is 30.5 Å². The first-order valence-corrected chi connectivity index (χ1v) is 8.01. The van der Waals surface area contributed by atoms with Gasteiger partial charge in [0.25, 0.3) is 5.91 Å². The Labute approximate surface area is 135 Å². The van der Waals surface area contributed by atoms with Crippen LogP contribution in [0.2, 0.25) is 0 Å². The van der Waals surface area contributed by atoms with Crippen LogP contribution in [0.5, 0.6) is 0 Å². The van der Waals surface area contributed by atoms with Gasteiger partial charge < -0.3 is 10.1 Å². The number of nitrogens with zero attached hydrogens (tertiary/aromatic N) is 3. The number of aromatic nitrogens is 3. The predicted octanol–water partition coefficient (Wildman–Crippen LogP) is 2.10. The number of carbonyl (C=O) groups is 1. The Bertz CT molecular complexity index is 659. The normalized spacial score (nSPS) is 18.8. The van der Waals surface area contributed by atoms with E-state index < -0.39 is 0 Å². The number of hydrogen-bond donors (Lipinski definition) is 1. The molecule has 2 heterocycles. The van der Waals surface area contributed by atoms with E-state index in [0.29, 0.717) is 12.2 Å². The molecule has 1 aliphatic heterocycles. The minimum atomic E-state index is -0.206. The summed E-state index contributed by atoms with van der Waals surface area (Å²) in [6.45, 7) is 5.40. The summed E-state index contributed by atoms with van der Waals surface area (Å²) >= 11 is 0. The van der Waals surface area contributed by atoms with Crippen molar-refractivity contribution in [3.05, 3.63) is 47.3 Å². The van der Waals surface area contributed by atoms with Gasteiger partial charge in [0.15, 0.2) is 5.69 Å². The highest BCUT2D eigenvalue weighted by Crippen LogP contribution is 2.17. The van der Waals surface area contributed by atoms with Gasteiger partial charge in [0, 0.05) is 13.2 Å². The third-order valence-corrected chi connectivity index (χ3v) is 4.21. The lowest BCUT2D eigenvalue weighted by molar-refractivity contribution is 0.0853. The minimum Gasteiger partial charge on any atom is -0.376 e. The van der Waals surface area contributed by atoms with Gasteiger partial charge >= 0.3 is 0 Å². The molecule has 6 nitrogen and oxygen atoms in total. The summed E-state index contributed by atoms with van der Waals surface area (Å²) in [4.78, 5) is 12.1. The summed E-state index contributed by atoms with van der Waals surface area (Å²) in [5.74, 6) is -0.206. The lowest BCUT2D eigenvalue weighted by atomic mass is 10.1. The van der Waals surface area contributed by atoms with Gasteiger partial charge in [-0.1, -0.05) is 35.0 Å². The second-order valence-corrected chi connectivity index (χ2v) is 6.02. The maximum absolute atomic E-state index is 12.1. The van der Waals surface area contributed by atoms with Crippen LogP contribution in [0.4, 0.5) is 0 Å². The van der Waals surface area contributed by atoms with Crippen LogP contribution in [0.25, 0.3) is 0 Å². The van der Waals surface area contributed by atoms with Gasteiger partial charge in [0.05, 0.1) is 18.3 Å². The Morgan fingerprint density at radius 2 is 2.22 bits per heavy atom. The summed E-state index contributed by atoms with van der Waals surface area (Å²) in [5, 5.41) is 10.9. The molecule has 2 atom stereocenters. The molecule has 0 saturated carbocycles. The van der Waals surface area contributed by atoms with Gasteiger partial charge in [-0.3, -0.25) is 4.79 Å². The van der Waals surface area contributed by atoms with Crippen molar-refractivity contribution in [3.63, 3.8) is 0 Å². The summed E-state index contributed by atoms with van der Waals surface area (Å²) in [6, 6.07) is 8.30. The summed E-state index contributed by atoms with van der Waals surface area (Å²) in [7, 11) is 0. The van der Waals surface area contributed by atoms with Crippen LogP contribution in [0, 0.1) is 6.92 Å². The first-order chi connectivity index (χ1) is 11.1. The molecule has 2 aromatic rings. The van der Waals surface area contributed by atoms with Gasteiger partial charge in [-0.05, 0) is 32.3 Å². The van der Waals surface area contributed by atoms with E-state index >= 15 is 0 Å². The Morgan fingerprint density at radius 3 is 2.91 bits per heavy atom. The molecule has 0 unspecified atom stereocenters. The van der Waals surface area contributed by atoms with E-state index in [9.17, 15) is 4.79 Å². The molecule has 23 heavy (non-hydrogen) atoms. The summed E-state index contributed by atoms with van der Waals surface area (Å²) < 4.78 is 7.21. The van der Waals surface area contributed by atoms with Crippen molar-refractivity contribution >= 4 is 5.91 Å². The van der Waals surface area contributed by atoms with Gasteiger partial charge in [-0.25, -0.2) is 4.68 Å². The number of hydrogen-bond acceptors (Lipinski definition) is 4. The highest BCUT2D eigenvalue weighted by molar-refractivity contribution is 5.91. The third-order valence-electron chi connectivity index (χ3n) is 4.21. The molecule has 0 aliphatic carbocycles. The number of ether oxygens (including phenoxy) is 1. The Balaban J connectivity index is 1.62. The fourth-order valence-electron chi connectivity index (χ4n) is 2.67. The average Bonchev–Trinajstić information content (AvgIpc) is 3.24. The maximum Gasteiger partial charge on any atom is 0.273 e. The van der Waals surface area contributed by atoms with E-state index in [4.69, 9.17) is 4.74 Å². The van der Waals surface area contributed by atoms with E-state index in [-0.39, 0.29) is 18.1 Å². The standard InChI is InChI=1S/C17H22N4O2/c1-12-5-7-14(8-6-12)13(2)21-11-16(19-20-21)17(22)18-10-15-4-3-9-23-15/h5-8,11,13,15H,3-4,9-10H2,1-2H3,(H,18,22)/t13-,15-/m0/s1. The van der Waals surface area contributed by atoms with Crippen LogP contribution >= 0.6 is 0 Å². The van der Waals surface area contributed by atoms with Crippen LogP contribution in [0.1, 0.15) is 47.4 Å². The van der Waals surface area contributed by atoms with Crippen molar-refractivity contribution in [1.29, 1.82) is 0 Å². The fourth-order valence-corrected chi connectivity index (χ4v) is 2.67. The van der Waals surface area contributed by atoms with Gasteiger partial charge in [-0.15, -0.1) is 5.10 Å². The smallest absolute Gasteiger partial charge is 0.273 e. The van der Waals surface area contributed by atoms with Crippen molar-refractivity contribution in [2.75, 3.05) is 13.2 Å². The monoisotopic (exact) mass is 314 g/mol. The zero-order valence-electron chi connectivity index (χ0n) is 13.5. The molecule has 122 valence electrons. The van der Waals surface area contributed by atoms with Crippen molar-refractivity contribution in [1.82, 2.24) is 20.3 Å². The molecule has 3 rings (SSSR count). The first kappa shape index (κ1) is 15.7. The molecular formula is C17H22N4O2. The summed E-state index contributed by atoms with van der Waals surface area (Å²) in [6.07, 6.45) is 3.87. The molecule has 1 aliphatic rings. The lowest BCUT2D eigenvalue weighted by Crippen LogP contribution is -2.32. The molecule has 6 heteroatoms. The van der Waals surface area contributed by atoms with E-state index in [1.165, 1.54) is 5.56 Å². The Hall–Kier alpha value is -2.21. The second-order valence-electron chi connectivity index (χ2n) is 6.02. The largest absolute Gasteiger partial charge is 0.376 e. The number of amides is 1. The van der Waals surface area contributed by atoms with Crippen LogP contribution in [-0.2, 0) is 4.74 Å². The second kappa shape index (κ2) is 6.91. The highest BCUT2D eigenvalue weighted by Gasteiger charge is 2.19. The molecule has 0 spiro atoms. The first-order valence-electron chi connectivity index (χ1n) is 8.01. The lowest BCUT2D eigenvalue weighted by Gasteiger charge is -2.11. The van der Waals surface area contributed by atoms with Crippen LogP contribution < -0.4 is 5.32 Å². The van der Waals surface area contributed by atoms with Gasteiger partial charge in [-0.2, -0.15) is 0 Å². The molecular weight excluding hydrogens is 292 g/mol. The zero-order chi connectivity index (χ0) is 16.2. The number of rotatable bonds is 5. The molecule has 1 saturated heterocycles. The van der Waals surface area contributed by atoms with E-state index in [1.54, 1.807) is 10.9 Å². The topological polar surface area (TPSA) is 69.0 Å². The maximum atomic E-state index is 12.1. The molecule has 0 radical (unpaired) electrons. The number of aryl methyl sites for hydroxylation is 1. The van der Waals surface area contributed by atoms with Crippen molar-refractivity contribution in [2.45, 2.75) is 38.8 Å². The summed E-state index contributed by atoms with van der Waals surface area (Å²) in [5.41, 5.74) is 2.68. The zero-order valence-corrected chi connectivity index (χ0v) is 13.5. The SMILES string of the molecule is Cc1ccc([C@H](C)n2cc(C(=O)NC[C@@H]3CCCO3)nn2)cc1. The van der Waals surface area contributed by atoms with Gasteiger partial charge in [0.2, 0.25) is 0 Å². The van der Waals surface area contributed by atoms with E-state index in [1.807, 2.05) is 6.92 Å². The van der Waals surface area contributed by atoms with Crippen LogP contribution in [0.3, 0.4) is 0 Å². The van der Waals surface area contributed by atoms with E-state index in [0.717, 1.165) is 25.0 Å². The number of carbonyl (C=O) groups excluding carboxylic acids is 1. The number of nitrogens with one attached hydrogen (secondary N) is 1. The molecule has 1 aromatic carbocycles. The fraction of sp³-hybridized carbons (Fsp3) is 0.471. The molecule has 0 bridgehead atoms. The van der Waals surface area contributed by atoms with E-state index in [2.05, 4.69) is 46.8 Å². The molecule has 1 fully saturated rings. The third kappa shape index (κ3) is 3.76. The number of benzene rings is 1. The Morgan fingerprint density at radius 1 is 1.43 bits per heavy atom. The van der Waals surface area contributed by atoms with Gasteiger partial charge in [0.1, 0.15) is 0 Å². The van der Waals surface area contributed by atoms with Crippen molar-refractivity contribution in [2.24, 2.45) is 0 Å².